The van der Waals surface area contributed by atoms with Gasteiger partial charge in [0.25, 0.3) is 5.91 Å². The molecule has 2 fully saturated rings. The van der Waals surface area contributed by atoms with E-state index in [9.17, 15) is 14.4 Å². The van der Waals surface area contributed by atoms with E-state index in [2.05, 4.69) is 5.32 Å². The predicted molar refractivity (Wildman–Crippen MR) is 108 cm³/mol. The number of amides is 2. The van der Waals surface area contributed by atoms with Crippen molar-refractivity contribution in [3.8, 4) is 5.75 Å². The van der Waals surface area contributed by atoms with Crippen LogP contribution < -0.4 is 15.7 Å². The third kappa shape index (κ3) is 3.61. The van der Waals surface area contributed by atoms with Crippen LogP contribution in [0.3, 0.4) is 0 Å². The first-order valence-corrected chi connectivity index (χ1v) is 10.1. The number of aryl methyl sites for hydroxylation is 1. The molecule has 2 saturated heterocycles. The van der Waals surface area contributed by atoms with Gasteiger partial charge in [0.05, 0.1) is 0 Å². The molecule has 29 heavy (non-hydrogen) atoms. The van der Waals surface area contributed by atoms with E-state index in [1.165, 1.54) is 0 Å². The van der Waals surface area contributed by atoms with Gasteiger partial charge < -0.3 is 19.4 Å². The lowest BCUT2D eigenvalue weighted by atomic mass is 9.86. The Balaban J connectivity index is 1.43. The number of fused-ring (bicyclic) bond motifs is 1. The van der Waals surface area contributed by atoms with E-state index in [-0.39, 0.29) is 23.0 Å². The first-order chi connectivity index (χ1) is 13.8. The number of hydrogen-bond acceptors (Lipinski definition) is 5. The zero-order valence-electron chi connectivity index (χ0n) is 17.0. The molecule has 1 unspecified atom stereocenters. The molecule has 154 valence electrons. The van der Waals surface area contributed by atoms with Crippen molar-refractivity contribution in [3.05, 3.63) is 39.7 Å². The van der Waals surface area contributed by atoms with Crippen molar-refractivity contribution in [3.63, 3.8) is 0 Å². The van der Waals surface area contributed by atoms with Crippen LogP contribution >= 0.6 is 0 Å². The summed E-state index contributed by atoms with van der Waals surface area (Å²) in [5, 5.41) is 3.94. The Labute approximate surface area is 169 Å². The van der Waals surface area contributed by atoms with Crippen LogP contribution in [0, 0.1) is 13.8 Å². The third-order valence-electron chi connectivity index (χ3n) is 6.36. The van der Waals surface area contributed by atoms with Crippen LogP contribution in [-0.2, 0) is 9.59 Å². The summed E-state index contributed by atoms with van der Waals surface area (Å²) in [5.41, 5.74) is 1.43. The number of nitrogens with one attached hydrogen (secondary N) is 1. The molecule has 0 bridgehead atoms. The van der Waals surface area contributed by atoms with Gasteiger partial charge in [0.15, 0.2) is 6.10 Å². The van der Waals surface area contributed by atoms with Gasteiger partial charge in [0.1, 0.15) is 11.3 Å². The van der Waals surface area contributed by atoms with Crippen LogP contribution in [0.15, 0.2) is 27.4 Å². The Morgan fingerprint density at radius 3 is 2.55 bits per heavy atom. The average molecular weight is 398 g/mol. The standard InChI is InChI=1S/C22H26N2O5/c1-13-14(2)21(27)29-18-12-16(4-5-17(13)18)28-15(3)20(26)24-10-8-22(9-11-24)7-6-19(25)23-22/h4-5,12,15H,6-11H2,1-3H3,(H,23,25). The largest absolute Gasteiger partial charge is 0.481 e. The molecule has 7 nitrogen and oxygen atoms in total. The number of rotatable bonds is 3. The molecule has 2 amide bonds. The summed E-state index contributed by atoms with van der Waals surface area (Å²) < 4.78 is 11.2. The fraction of sp³-hybridized carbons (Fsp3) is 0.500. The molecule has 1 aromatic carbocycles. The molecule has 1 aromatic heterocycles. The highest BCUT2D eigenvalue weighted by atomic mass is 16.5. The lowest BCUT2D eigenvalue weighted by Crippen LogP contribution is -2.54. The molecule has 0 aliphatic carbocycles. The Hall–Kier alpha value is -2.83. The topological polar surface area (TPSA) is 88.8 Å². The maximum Gasteiger partial charge on any atom is 0.339 e. The number of nitrogens with zero attached hydrogens (tertiary/aromatic N) is 1. The van der Waals surface area contributed by atoms with Crippen LogP contribution in [0.5, 0.6) is 5.75 Å². The summed E-state index contributed by atoms with van der Waals surface area (Å²) in [6.07, 6.45) is 2.32. The van der Waals surface area contributed by atoms with Crippen LogP contribution in [-0.4, -0.2) is 41.4 Å². The second-order valence-corrected chi connectivity index (χ2v) is 8.21. The van der Waals surface area contributed by atoms with Gasteiger partial charge in [-0.05, 0) is 57.7 Å². The molecule has 1 N–H and O–H groups in total. The van der Waals surface area contributed by atoms with Crippen molar-refractivity contribution in [2.24, 2.45) is 0 Å². The molecule has 7 heteroatoms. The van der Waals surface area contributed by atoms with Crippen molar-refractivity contribution in [1.82, 2.24) is 10.2 Å². The molecule has 4 rings (SSSR count). The van der Waals surface area contributed by atoms with Crippen LogP contribution in [0.1, 0.15) is 43.7 Å². The Morgan fingerprint density at radius 1 is 1.17 bits per heavy atom. The lowest BCUT2D eigenvalue weighted by molar-refractivity contribution is -0.139. The van der Waals surface area contributed by atoms with Crippen molar-refractivity contribution in [2.45, 2.75) is 58.1 Å². The molecule has 0 radical (unpaired) electrons. The van der Waals surface area contributed by atoms with Gasteiger partial charge in [-0.15, -0.1) is 0 Å². The maximum absolute atomic E-state index is 12.8. The molecule has 2 aromatic rings. The van der Waals surface area contributed by atoms with Crippen LogP contribution in [0.4, 0.5) is 0 Å². The van der Waals surface area contributed by atoms with E-state index in [1.807, 2.05) is 13.0 Å². The molecule has 2 aliphatic heterocycles. The summed E-state index contributed by atoms with van der Waals surface area (Å²) >= 11 is 0. The minimum absolute atomic E-state index is 0.0780. The molecule has 0 saturated carbocycles. The van der Waals surface area contributed by atoms with Crippen molar-refractivity contribution < 1.29 is 18.7 Å². The monoisotopic (exact) mass is 398 g/mol. The molecular formula is C22H26N2O5. The van der Waals surface area contributed by atoms with E-state index in [1.54, 1.807) is 30.9 Å². The fourth-order valence-corrected chi connectivity index (χ4v) is 4.32. The molecule has 1 atom stereocenters. The summed E-state index contributed by atoms with van der Waals surface area (Å²) in [6, 6.07) is 5.30. The van der Waals surface area contributed by atoms with Gasteiger partial charge in [0, 0.05) is 42.1 Å². The molecular weight excluding hydrogens is 372 g/mol. The van der Waals surface area contributed by atoms with Gasteiger partial charge >= 0.3 is 5.63 Å². The Morgan fingerprint density at radius 2 is 1.90 bits per heavy atom. The molecule has 1 spiro atoms. The van der Waals surface area contributed by atoms with Crippen LogP contribution in [0.25, 0.3) is 11.0 Å². The Kier molecular flexibility index (Phi) is 4.84. The quantitative estimate of drug-likeness (QED) is 0.803. The second kappa shape index (κ2) is 7.21. The van der Waals surface area contributed by atoms with Crippen molar-refractivity contribution in [2.75, 3.05) is 13.1 Å². The minimum atomic E-state index is -0.655. The van der Waals surface area contributed by atoms with E-state index in [0.717, 1.165) is 30.2 Å². The highest BCUT2D eigenvalue weighted by Crippen LogP contribution is 2.32. The zero-order valence-corrected chi connectivity index (χ0v) is 17.0. The minimum Gasteiger partial charge on any atom is -0.481 e. The van der Waals surface area contributed by atoms with E-state index < -0.39 is 6.10 Å². The summed E-state index contributed by atoms with van der Waals surface area (Å²) in [4.78, 5) is 38.1. The number of likely N-dealkylation sites (tertiary alicyclic amines) is 1. The first kappa shape index (κ1) is 19.5. The van der Waals surface area contributed by atoms with Gasteiger partial charge in [-0.1, -0.05) is 0 Å². The fourth-order valence-electron chi connectivity index (χ4n) is 4.32. The number of hydrogen-bond donors (Lipinski definition) is 1. The van der Waals surface area contributed by atoms with Gasteiger partial charge in [-0.2, -0.15) is 0 Å². The Bertz CT molecular complexity index is 1030. The summed E-state index contributed by atoms with van der Waals surface area (Å²) in [7, 11) is 0. The highest BCUT2D eigenvalue weighted by molar-refractivity contribution is 5.83. The smallest absolute Gasteiger partial charge is 0.339 e. The van der Waals surface area contributed by atoms with E-state index in [4.69, 9.17) is 9.15 Å². The predicted octanol–water partition coefficient (Wildman–Crippen LogP) is 2.45. The van der Waals surface area contributed by atoms with E-state index >= 15 is 0 Å². The number of piperidine rings is 1. The molecule has 2 aliphatic rings. The summed E-state index contributed by atoms with van der Waals surface area (Å²) in [5.74, 6) is 0.516. The summed E-state index contributed by atoms with van der Waals surface area (Å²) in [6.45, 7) is 6.57. The number of benzene rings is 1. The van der Waals surface area contributed by atoms with E-state index in [0.29, 0.717) is 36.4 Å². The molecule has 3 heterocycles. The third-order valence-corrected chi connectivity index (χ3v) is 6.36. The van der Waals surface area contributed by atoms with Crippen LogP contribution in [0.2, 0.25) is 0 Å². The zero-order chi connectivity index (χ0) is 20.8. The van der Waals surface area contributed by atoms with Gasteiger partial charge in [-0.25, -0.2) is 4.79 Å². The SMILES string of the molecule is Cc1c(C)c2ccc(OC(C)C(=O)N3CCC4(CCC(=O)N4)CC3)cc2oc1=O. The highest BCUT2D eigenvalue weighted by Gasteiger charge is 2.41. The average Bonchev–Trinajstić information content (AvgIpc) is 3.06. The van der Waals surface area contributed by atoms with Crippen molar-refractivity contribution >= 4 is 22.8 Å². The normalized spacial score (nSPS) is 19.4. The second-order valence-electron chi connectivity index (χ2n) is 8.21. The van der Waals surface area contributed by atoms with Crippen molar-refractivity contribution in [1.29, 1.82) is 0 Å². The number of carbonyl (C=O) groups is 2. The number of ether oxygens (including phenoxy) is 1. The van der Waals surface area contributed by atoms with Gasteiger partial charge in [-0.3, -0.25) is 9.59 Å². The lowest BCUT2D eigenvalue weighted by Gasteiger charge is -2.39. The maximum atomic E-state index is 12.8. The van der Waals surface area contributed by atoms with Gasteiger partial charge in [0.2, 0.25) is 5.91 Å². The first-order valence-electron chi connectivity index (χ1n) is 10.1. The number of carbonyl (C=O) groups excluding carboxylic acids is 2.